The number of rotatable bonds is 7. The van der Waals surface area contributed by atoms with Crippen molar-refractivity contribution in [1.82, 2.24) is 25.5 Å². The summed E-state index contributed by atoms with van der Waals surface area (Å²) < 4.78 is 1.63. The lowest BCUT2D eigenvalue weighted by Crippen LogP contribution is -2.40. The fraction of sp³-hybridized carbons (Fsp3) is 0.533. The van der Waals surface area contributed by atoms with Gasteiger partial charge in [0.25, 0.3) is 0 Å². The Kier molecular flexibility index (Phi) is 5.03. The van der Waals surface area contributed by atoms with Gasteiger partial charge in [-0.05, 0) is 47.9 Å². The van der Waals surface area contributed by atoms with E-state index in [0.29, 0.717) is 6.54 Å². The van der Waals surface area contributed by atoms with E-state index in [0.717, 1.165) is 24.1 Å². The molecule has 0 saturated carbocycles. The highest BCUT2D eigenvalue weighted by Crippen LogP contribution is 2.19. The van der Waals surface area contributed by atoms with E-state index < -0.39 is 5.60 Å². The number of nitrogens with one attached hydrogen (secondary N) is 1. The van der Waals surface area contributed by atoms with Gasteiger partial charge in [-0.25, -0.2) is 4.68 Å². The number of tetrazole rings is 1. The molecule has 1 aromatic heterocycles. The minimum atomic E-state index is -0.637. The topological polar surface area (TPSA) is 75.9 Å². The molecular formula is C15H23N5O. The molecule has 0 aliphatic rings. The molecule has 2 N–H and O–H groups in total. The van der Waals surface area contributed by atoms with Crippen LogP contribution in [0.25, 0.3) is 5.69 Å². The second-order valence-electron chi connectivity index (χ2n) is 5.38. The van der Waals surface area contributed by atoms with E-state index in [1.165, 1.54) is 0 Å². The van der Waals surface area contributed by atoms with Crippen molar-refractivity contribution in [3.05, 3.63) is 36.2 Å². The lowest BCUT2D eigenvalue weighted by atomic mass is 9.96. The van der Waals surface area contributed by atoms with Crippen LogP contribution < -0.4 is 5.32 Å². The van der Waals surface area contributed by atoms with Crippen molar-refractivity contribution in [2.24, 2.45) is 0 Å². The number of benzene rings is 1. The van der Waals surface area contributed by atoms with Crippen LogP contribution in [-0.4, -0.2) is 37.5 Å². The lowest BCUT2D eigenvalue weighted by molar-refractivity contribution is 0.0303. The first-order chi connectivity index (χ1) is 10.1. The first-order valence-corrected chi connectivity index (χ1v) is 7.37. The maximum atomic E-state index is 10.3. The van der Waals surface area contributed by atoms with Gasteiger partial charge in [-0.2, -0.15) is 0 Å². The van der Waals surface area contributed by atoms with E-state index in [-0.39, 0.29) is 6.04 Å². The predicted molar refractivity (Wildman–Crippen MR) is 81.1 cm³/mol. The summed E-state index contributed by atoms with van der Waals surface area (Å²) in [6, 6.07) is 8.19. The summed E-state index contributed by atoms with van der Waals surface area (Å²) in [7, 11) is 0. The fourth-order valence-corrected chi connectivity index (χ4v) is 2.18. The van der Waals surface area contributed by atoms with Gasteiger partial charge in [0.2, 0.25) is 0 Å². The van der Waals surface area contributed by atoms with Gasteiger partial charge in [0.15, 0.2) is 0 Å². The predicted octanol–water partition coefficient (Wildman–Crippen LogP) is 1.86. The monoisotopic (exact) mass is 289 g/mol. The van der Waals surface area contributed by atoms with Crippen molar-refractivity contribution in [2.45, 2.75) is 45.3 Å². The highest BCUT2D eigenvalue weighted by Gasteiger charge is 2.22. The van der Waals surface area contributed by atoms with Crippen LogP contribution in [0.2, 0.25) is 0 Å². The SMILES string of the molecule is CCC(O)(CC)CNC(C)c1cccc(-n2cnnn2)c1. The molecule has 0 amide bonds. The van der Waals surface area contributed by atoms with Crippen LogP contribution in [0.1, 0.15) is 45.2 Å². The maximum Gasteiger partial charge on any atom is 0.143 e. The van der Waals surface area contributed by atoms with Gasteiger partial charge in [0, 0.05) is 12.6 Å². The molecule has 1 unspecified atom stereocenters. The van der Waals surface area contributed by atoms with Crippen molar-refractivity contribution in [1.29, 1.82) is 0 Å². The van der Waals surface area contributed by atoms with Crippen molar-refractivity contribution in [3.63, 3.8) is 0 Å². The Morgan fingerprint density at radius 3 is 2.71 bits per heavy atom. The Labute approximate surface area is 125 Å². The van der Waals surface area contributed by atoms with Gasteiger partial charge in [-0.15, -0.1) is 5.10 Å². The minimum absolute atomic E-state index is 0.144. The smallest absolute Gasteiger partial charge is 0.143 e. The molecule has 1 atom stereocenters. The normalized spacial score (nSPS) is 13.3. The Hall–Kier alpha value is -1.79. The fourth-order valence-electron chi connectivity index (χ4n) is 2.18. The Balaban J connectivity index is 2.06. The van der Waals surface area contributed by atoms with E-state index in [1.54, 1.807) is 11.0 Å². The number of hydrogen-bond acceptors (Lipinski definition) is 5. The van der Waals surface area contributed by atoms with Crippen LogP contribution in [-0.2, 0) is 0 Å². The highest BCUT2D eigenvalue weighted by molar-refractivity contribution is 5.35. The van der Waals surface area contributed by atoms with Crippen LogP contribution in [0, 0.1) is 0 Å². The van der Waals surface area contributed by atoms with Gasteiger partial charge in [0.1, 0.15) is 6.33 Å². The molecule has 0 saturated heterocycles. The first-order valence-electron chi connectivity index (χ1n) is 7.37. The van der Waals surface area contributed by atoms with Crippen LogP contribution in [0.15, 0.2) is 30.6 Å². The standard InChI is InChI=1S/C15H23N5O/c1-4-15(21,5-2)10-16-12(3)13-7-6-8-14(9-13)20-11-17-18-19-20/h6-9,11-12,16,21H,4-5,10H2,1-3H3. The van der Waals surface area contributed by atoms with Gasteiger partial charge in [0.05, 0.1) is 11.3 Å². The number of hydrogen-bond donors (Lipinski definition) is 2. The van der Waals surface area contributed by atoms with Gasteiger partial charge in [-0.3, -0.25) is 0 Å². The van der Waals surface area contributed by atoms with Crippen molar-refractivity contribution < 1.29 is 5.11 Å². The van der Waals surface area contributed by atoms with Gasteiger partial charge < -0.3 is 10.4 Å². The van der Waals surface area contributed by atoms with Gasteiger partial charge in [-0.1, -0.05) is 26.0 Å². The van der Waals surface area contributed by atoms with E-state index in [2.05, 4.69) is 33.8 Å². The summed E-state index contributed by atoms with van der Waals surface area (Å²) in [6.07, 6.45) is 3.06. The summed E-state index contributed by atoms with van der Waals surface area (Å²) in [5, 5.41) is 24.9. The first kappa shape index (κ1) is 15.6. The summed E-state index contributed by atoms with van der Waals surface area (Å²) >= 11 is 0. The largest absolute Gasteiger partial charge is 0.389 e. The maximum absolute atomic E-state index is 10.3. The number of aliphatic hydroxyl groups is 1. The highest BCUT2D eigenvalue weighted by atomic mass is 16.3. The summed E-state index contributed by atoms with van der Waals surface area (Å²) in [5.74, 6) is 0. The molecule has 2 rings (SSSR count). The molecule has 6 heteroatoms. The minimum Gasteiger partial charge on any atom is -0.389 e. The van der Waals surface area contributed by atoms with Crippen molar-refractivity contribution in [3.8, 4) is 5.69 Å². The third-order valence-electron chi connectivity index (χ3n) is 4.04. The molecule has 0 aliphatic heterocycles. The van der Waals surface area contributed by atoms with Crippen molar-refractivity contribution in [2.75, 3.05) is 6.54 Å². The van der Waals surface area contributed by atoms with Crippen LogP contribution in [0.4, 0.5) is 0 Å². The Morgan fingerprint density at radius 2 is 2.10 bits per heavy atom. The van der Waals surface area contributed by atoms with E-state index in [1.807, 2.05) is 32.0 Å². The van der Waals surface area contributed by atoms with Crippen LogP contribution in [0.3, 0.4) is 0 Å². The zero-order chi connectivity index (χ0) is 15.3. The number of nitrogens with zero attached hydrogens (tertiary/aromatic N) is 4. The molecule has 0 radical (unpaired) electrons. The van der Waals surface area contributed by atoms with E-state index >= 15 is 0 Å². The molecule has 0 spiro atoms. The van der Waals surface area contributed by atoms with E-state index in [9.17, 15) is 5.11 Å². The molecule has 6 nitrogen and oxygen atoms in total. The molecular weight excluding hydrogens is 266 g/mol. The molecule has 1 heterocycles. The summed E-state index contributed by atoms with van der Waals surface area (Å²) in [6.45, 7) is 6.68. The third-order valence-corrected chi connectivity index (χ3v) is 4.04. The summed E-state index contributed by atoms with van der Waals surface area (Å²) in [4.78, 5) is 0. The Bertz CT molecular complexity index is 551. The number of aromatic nitrogens is 4. The van der Waals surface area contributed by atoms with E-state index in [4.69, 9.17) is 0 Å². The second-order valence-corrected chi connectivity index (χ2v) is 5.38. The van der Waals surface area contributed by atoms with Crippen molar-refractivity contribution >= 4 is 0 Å². The molecule has 2 aromatic rings. The van der Waals surface area contributed by atoms with Crippen LogP contribution in [0.5, 0.6) is 0 Å². The molecule has 114 valence electrons. The van der Waals surface area contributed by atoms with Gasteiger partial charge >= 0.3 is 0 Å². The van der Waals surface area contributed by atoms with Crippen LogP contribution >= 0.6 is 0 Å². The zero-order valence-corrected chi connectivity index (χ0v) is 12.8. The lowest BCUT2D eigenvalue weighted by Gasteiger charge is -2.27. The quantitative estimate of drug-likeness (QED) is 0.813. The average molecular weight is 289 g/mol. The molecule has 1 aromatic carbocycles. The molecule has 21 heavy (non-hydrogen) atoms. The molecule has 0 bridgehead atoms. The molecule has 0 aliphatic carbocycles. The Morgan fingerprint density at radius 1 is 1.33 bits per heavy atom. The average Bonchev–Trinajstić information content (AvgIpc) is 3.07. The molecule has 0 fully saturated rings. The zero-order valence-electron chi connectivity index (χ0n) is 12.8. The second kappa shape index (κ2) is 6.78. The third kappa shape index (κ3) is 3.86. The summed E-state index contributed by atoms with van der Waals surface area (Å²) in [5.41, 5.74) is 1.42.